The third kappa shape index (κ3) is 62.3. The molecule has 3 unspecified atom stereocenters. The molecule has 8 nitrogen and oxygen atoms in total. The molecule has 3 atom stereocenters. The van der Waals surface area contributed by atoms with Crippen LogP contribution in [0.5, 0.6) is 0 Å². The highest BCUT2D eigenvalue weighted by atomic mass is 31.2. The minimum atomic E-state index is -4.36. The maximum absolute atomic E-state index is 13.0. The van der Waals surface area contributed by atoms with E-state index in [2.05, 4.69) is 43.5 Å². The number of likely N-dealkylation sites (N-methyl/N-ethyl adjacent to an activating group) is 1. The van der Waals surface area contributed by atoms with Gasteiger partial charge in [-0.2, -0.15) is 0 Å². The molecule has 0 saturated carbocycles. The molecule has 1 amide bonds. The van der Waals surface area contributed by atoms with Gasteiger partial charge in [-0.25, -0.2) is 4.57 Å². The van der Waals surface area contributed by atoms with Crippen molar-refractivity contribution in [2.45, 2.75) is 360 Å². The molecule has 9 heteroatoms. The second kappa shape index (κ2) is 60.3. The number of carbonyl (C=O) groups is 1. The van der Waals surface area contributed by atoms with Crippen LogP contribution in [-0.4, -0.2) is 73.4 Å². The molecule has 0 bridgehead atoms. The summed E-state index contributed by atoms with van der Waals surface area (Å²) in [5.41, 5.74) is 0. The number of hydrogen-bond donors (Lipinski definition) is 3. The summed E-state index contributed by atoms with van der Waals surface area (Å²) < 4.78 is 23.8. The minimum absolute atomic E-state index is 0.0554. The van der Waals surface area contributed by atoms with Gasteiger partial charge >= 0.3 is 7.82 Å². The zero-order valence-corrected chi connectivity index (χ0v) is 53.8. The molecule has 0 fully saturated rings. The summed E-state index contributed by atoms with van der Waals surface area (Å²) in [6, 6.07) is -0.869. The number of aliphatic hydroxyl groups excluding tert-OH is 1. The zero-order valence-electron chi connectivity index (χ0n) is 52.9. The number of allylic oxidation sites excluding steroid dienone is 5. The number of phosphoric acid groups is 1. The highest BCUT2D eigenvalue weighted by molar-refractivity contribution is 7.47. The predicted octanol–water partition coefficient (Wildman–Crippen LogP) is 21.7. The maximum atomic E-state index is 13.0. The number of aliphatic hydroxyl groups is 1. The largest absolute Gasteiger partial charge is 0.472 e. The number of nitrogens with zero attached hydrogens (tertiary/aromatic N) is 1. The number of carbonyl (C=O) groups excluding carboxylic acids is 1. The van der Waals surface area contributed by atoms with Crippen molar-refractivity contribution >= 4 is 13.7 Å². The summed E-state index contributed by atoms with van der Waals surface area (Å²) in [6.45, 7) is 4.84. The number of rotatable bonds is 64. The van der Waals surface area contributed by atoms with Gasteiger partial charge < -0.3 is 19.8 Å². The first-order chi connectivity index (χ1) is 38.0. The second-order valence-corrected chi connectivity index (χ2v) is 26.4. The molecular weight excluding hydrogens is 984 g/mol. The van der Waals surface area contributed by atoms with Gasteiger partial charge in [-0.3, -0.25) is 13.8 Å². The summed E-state index contributed by atoms with van der Waals surface area (Å²) in [7, 11) is 1.56. The third-order valence-corrected chi connectivity index (χ3v) is 16.8. The van der Waals surface area contributed by atoms with Crippen molar-refractivity contribution in [1.82, 2.24) is 5.32 Å². The first-order valence-corrected chi connectivity index (χ1v) is 35.9. The zero-order chi connectivity index (χ0) is 57.0. The lowest BCUT2D eigenvalue weighted by molar-refractivity contribution is -0.870. The van der Waals surface area contributed by atoms with Gasteiger partial charge in [0.2, 0.25) is 5.91 Å². The van der Waals surface area contributed by atoms with Crippen molar-refractivity contribution in [1.29, 1.82) is 0 Å². The first-order valence-electron chi connectivity index (χ1n) is 34.4. The molecule has 0 aromatic carbocycles. The van der Waals surface area contributed by atoms with Crippen LogP contribution in [0.2, 0.25) is 0 Å². The fourth-order valence-electron chi connectivity index (χ4n) is 10.5. The summed E-state index contributed by atoms with van der Waals surface area (Å²) in [6.07, 6.45) is 80.2. The van der Waals surface area contributed by atoms with Gasteiger partial charge in [-0.05, 0) is 44.9 Å². The van der Waals surface area contributed by atoms with E-state index in [1.807, 2.05) is 27.2 Å². The normalized spacial score (nSPS) is 13.9. The van der Waals surface area contributed by atoms with Gasteiger partial charge in [0, 0.05) is 6.42 Å². The van der Waals surface area contributed by atoms with E-state index in [0.29, 0.717) is 17.4 Å². The van der Waals surface area contributed by atoms with Crippen LogP contribution in [0.15, 0.2) is 36.5 Å². The Morgan fingerprint density at radius 3 is 1.03 bits per heavy atom. The van der Waals surface area contributed by atoms with Crippen LogP contribution in [0.25, 0.3) is 0 Å². The van der Waals surface area contributed by atoms with E-state index in [1.54, 1.807) is 6.08 Å². The lowest BCUT2D eigenvalue weighted by Gasteiger charge is -2.25. The van der Waals surface area contributed by atoms with Crippen LogP contribution in [0.4, 0.5) is 0 Å². The van der Waals surface area contributed by atoms with Crippen LogP contribution in [0.3, 0.4) is 0 Å². The highest BCUT2D eigenvalue weighted by Crippen LogP contribution is 2.43. The van der Waals surface area contributed by atoms with E-state index in [4.69, 9.17) is 9.05 Å². The number of nitrogens with one attached hydrogen (secondary N) is 1. The number of unbranched alkanes of at least 4 members (excludes halogenated alkanes) is 47. The third-order valence-electron chi connectivity index (χ3n) is 15.8. The van der Waals surface area contributed by atoms with E-state index in [9.17, 15) is 19.4 Å². The molecule has 0 aliphatic carbocycles. The fourth-order valence-corrected chi connectivity index (χ4v) is 11.2. The molecule has 0 rings (SSSR count). The molecule has 0 radical (unpaired) electrons. The Hall–Kier alpha value is -1.28. The van der Waals surface area contributed by atoms with Crippen LogP contribution >= 0.6 is 7.82 Å². The van der Waals surface area contributed by atoms with Gasteiger partial charge in [0.1, 0.15) is 13.2 Å². The van der Waals surface area contributed by atoms with Gasteiger partial charge in [-0.1, -0.05) is 333 Å². The number of phosphoric ester groups is 1. The summed E-state index contributed by atoms with van der Waals surface area (Å²) in [5, 5.41) is 14.0. The highest BCUT2D eigenvalue weighted by Gasteiger charge is 2.28. The molecule has 462 valence electrons. The Labute approximate surface area is 487 Å². The standard InChI is InChI=1S/C69H135N2O6P/c1-6-8-10-12-14-16-18-20-22-24-26-28-30-32-33-34-35-36-37-38-39-41-43-45-47-49-51-53-55-57-59-61-63-69(73)70-67(66-77-78(74,75)76-65-64-71(3,4)5)68(72)62-60-58-56-54-52-50-48-46-44-42-40-31-29-27-25-23-21-19-17-15-13-11-9-7-2/h44,46,52,54,60,62,67-68,72H,6-43,45,47-51,53,55-59,61,63-66H2,1-5H3,(H-,70,73,74,75)/p+1/b46-44+,54-52+,62-60+. The monoisotopic (exact) mass is 1120 g/mol. The van der Waals surface area contributed by atoms with Gasteiger partial charge in [0.25, 0.3) is 0 Å². The Morgan fingerprint density at radius 1 is 0.423 bits per heavy atom. The van der Waals surface area contributed by atoms with E-state index >= 15 is 0 Å². The molecule has 0 aromatic rings. The van der Waals surface area contributed by atoms with Crippen LogP contribution in [0, 0.1) is 0 Å². The van der Waals surface area contributed by atoms with Crippen molar-refractivity contribution in [2.24, 2.45) is 0 Å². The SMILES string of the molecule is CCCCCCCCCCCCCCCC/C=C/CC/C=C/CC/C=C/C(O)C(COP(=O)(O)OCC[N+](C)(C)C)NC(=O)CCCCCCCCCCCCCCCCCCCCCCCCCCCCCCCCCC. The van der Waals surface area contributed by atoms with Crippen LogP contribution < -0.4 is 5.32 Å². The van der Waals surface area contributed by atoms with E-state index in [-0.39, 0.29) is 19.1 Å². The van der Waals surface area contributed by atoms with Gasteiger partial charge in [-0.15, -0.1) is 0 Å². The van der Waals surface area contributed by atoms with Crippen molar-refractivity contribution in [3.05, 3.63) is 36.5 Å². The quantitative estimate of drug-likeness (QED) is 0.0243. The molecule has 0 saturated heterocycles. The smallest absolute Gasteiger partial charge is 0.387 e. The summed E-state index contributed by atoms with van der Waals surface area (Å²) in [4.78, 5) is 23.4. The van der Waals surface area contributed by atoms with E-state index < -0.39 is 20.0 Å². The first kappa shape index (κ1) is 76.7. The Balaban J connectivity index is 4.08. The Morgan fingerprint density at radius 2 is 0.705 bits per heavy atom. The second-order valence-electron chi connectivity index (χ2n) is 24.9. The van der Waals surface area contributed by atoms with Gasteiger partial charge in [0.05, 0.1) is 39.9 Å². The Kier molecular flexibility index (Phi) is 59.3. The molecule has 0 aromatic heterocycles. The van der Waals surface area contributed by atoms with Crippen molar-refractivity contribution in [2.75, 3.05) is 40.9 Å². The van der Waals surface area contributed by atoms with Crippen LogP contribution in [-0.2, 0) is 18.4 Å². The molecule has 78 heavy (non-hydrogen) atoms. The van der Waals surface area contributed by atoms with E-state index in [0.717, 1.165) is 44.9 Å². The molecule has 0 heterocycles. The number of amides is 1. The maximum Gasteiger partial charge on any atom is 0.472 e. The minimum Gasteiger partial charge on any atom is -0.387 e. The fraction of sp³-hybridized carbons (Fsp3) is 0.899. The molecular formula is C69H136N2O6P+. The summed E-state index contributed by atoms with van der Waals surface area (Å²) >= 11 is 0. The lowest BCUT2D eigenvalue weighted by Crippen LogP contribution is -2.45. The average Bonchev–Trinajstić information content (AvgIpc) is 3.41. The molecule has 0 spiro atoms. The number of hydrogen-bond acceptors (Lipinski definition) is 5. The number of quaternary nitrogens is 1. The molecule has 0 aliphatic rings. The van der Waals surface area contributed by atoms with Crippen LogP contribution in [0.1, 0.15) is 348 Å². The van der Waals surface area contributed by atoms with E-state index in [1.165, 1.54) is 283 Å². The topological polar surface area (TPSA) is 105 Å². The summed E-state index contributed by atoms with van der Waals surface area (Å²) in [5.74, 6) is -0.183. The molecule has 0 aliphatic heterocycles. The molecule has 3 N–H and O–H groups in total. The lowest BCUT2D eigenvalue weighted by atomic mass is 10.0. The van der Waals surface area contributed by atoms with Gasteiger partial charge in [0.15, 0.2) is 0 Å². The average molecular weight is 1120 g/mol. The predicted molar refractivity (Wildman–Crippen MR) is 341 cm³/mol. The Bertz CT molecular complexity index is 1360. The van der Waals surface area contributed by atoms with Crippen molar-refractivity contribution < 1.29 is 32.9 Å². The van der Waals surface area contributed by atoms with Crippen molar-refractivity contribution in [3.63, 3.8) is 0 Å². The van der Waals surface area contributed by atoms with Crippen molar-refractivity contribution in [3.8, 4) is 0 Å².